The minimum Gasteiger partial charge on any atom is -0.457 e. The van der Waals surface area contributed by atoms with Crippen LogP contribution in [0.5, 0.6) is 11.5 Å². The van der Waals surface area contributed by atoms with E-state index >= 15 is 0 Å². The number of likely N-dealkylation sites (tertiary alicyclic amines) is 1. The zero-order valence-corrected chi connectivity index (χ0v) is 28.8. The van der Waals surface area contributed by atoms with Gasteiger partial charge in [-0.1, -0.05) is 28.1 Å². The molecule has 1 aliphatic rings. The number of piperidine rings is 1. The molecule has 0 atom stereocenters. The van der Waals surface area contributed by atoms with E-state index in [-0.39, 0.29) is 11.7 Å². The molecule has 0 bridgehead atoms. The van der Waals surface area contributed by atoms with Gasteiger partial charge < -0.3 is 18.9 Å². The topological polar surface area (TPSA) is 65.7 Å². The van der Waals surface area contributed by atoms with Crippen LogP contribution in [0.2, 0.25) is 0 Å². The molecule has 0 N–H and O–H groups in total. The van der Waals surface area contributed by atoms with Gasteiger partial charge in [-0.15, -0.1) is 0 Å². The Morgan fingerprint density at radius 3 is 2.45 bits per heavy atom. The van der Waals surface area contributed by atoms with E-state index in [9.17, 15) is 9.59 Å². The number of pyridine rings is 1. The van der Waals surface area contributed by atoms with Crippen LogP contribution in [0.3, 0.4) is 0 Å². The van der Waals surface area contributed by atoms with Crippen LogP contribution >= 0.6 is 46.3 Å². The molecule has 7 nitrogen and oxygen atoms in total. The van der Waals surface area contributed by atoms with E-state index in [1.807, 2.05) is 78.4 Å². The molecular weight excluding hydrogens is 729 g/mol. The Kier molecular flexibility index (Phi) is 9.63. The SMILES string of the molecule is Cn1cc(-c2cc(Br)ccc2Oc2ccc(CCC3CCN(C(=O)OC(C)(C)C)CC3)cc2)c2ccn(SI)c2c1=O. The minimum atomic E-state index is -0.461. The van der Waals surface area contributed by atoms with Crippen LogP contribution in [0.4, 0.5) is 4.79 Å². The molecule has 222 valence electrons. The molecule has 42 heavy (non-hydrogen) atoms. The van der Waals surface area contributed by atoms with Crippen LogP contribution in [0, 0.1) is 5.92 Å². The predicted molar refractivity (Wildman–Crippen MR) is 183 cm³/mol. The van der Waals surface area contributed by atoms with Crippen molar-refractivity contribution in [2.24, 2.45) is 13.0 Å². The third kappa shape index (κ3) is 7.19. The molecule has 0 spiro atoms. The number of hydrogen-bond donors (Lipinski definition) is 0. The van der Waals surface area contributed by atoms with Crippen molar-refractivity contribution in [2.75, 3.05) is 13.1 Å². The highest BCUT2D eigenvalue weighted by atomic mass is 127. The van der Waals surface area contributed by atoms with Crippen molar-refractivity contribution in [3.05, 3.63) is 81.3 Å². The summed E-state index contributed by atoms with van der Waals surface area (Å²) in [7, 11) is 3.25. The highest BCUT2D eigenvalue weighted by Gasteiger charge is 2.26. The summed E-state index contributed by atoms with van der Waals surface area (Å²) >= 11 is 5.80. The molecule has 1 saturated heterocycles. The van der Waals surface area contributed by atoms with E-state index in [1.54, 1.807) is 11.6 Å². The summed E-state index contributed by atoms with van der Waals surface area (Å²) in [6.07, 6.45) is 7.69. The summed E-state index contributed by atoms with van der Waals surface area (Å²) in [5.74, 6) is 2.08. The third-order valence-corrected chi connectivity index (χ3v) is 9.77. The van der Waals surface area contributed by atoms with Crippen LogP contribution in [0.15, 0.2) is 70.2 Å². The number of carbonyl (C=O) groups excluding carboxylic acids is 1. The van der Waals surface area contributed by atoms with Crippen molar-refractivity contribution >= 4 is 63.3 Å². The van der Waals surface area contributed by atoms with Gasteiger partial charge in [-0.2, -0.15) is 0 Å². The van der Waals surface area contributed by atoms with Crippen molar-refractivity contribution in [2.45, 2.75) is 52.1 Å². The first-order chi connectivity index (χ1) is 20.0. The van der Waals surface area contributed by atoms with Gasteiger partial charge in [0.25, 0.3) is 5.56 Å². The Bertz CT molecular complexity index is 1640. The van der Waals surface area contributed by atoms with Crippen LogP contribution in [0.1, 0.15) is 45.6 Å². The molecule has 10 heteroatoms. The summed E-state index contributed by atoms with van der Waals surface area (Å²) in [6.45, 7) is 7.22. The zero-order chi connectivity index (χ0) is 30.0. The Balaban J connectivity index is 1.26. The molecule has 5 rings (SSSR count). The van der Waals surface area contributed by atoms with Crippen LogP contribution in [-0.2, 0) is 18.2 Å². The monoisotopic (exact) mass is 763 g/mol. The molecule has 2 aromatic carbocycles. The first-order valence-corrected chi connectivity index (χ1v) is 18.2. The quantitative estimate of drug-likeness (QED) is 0.176. The molecule has 4 aromatic rings. The van der Waals surface area contributed by atoms with Gasteiger partial charge in [0.05, 0.1) is 0 Å². The molecule has 1 aliphatic heterocycles. The van der Waals surface area contributed by atoms with Gasteiger partial charge in [0.1, 0.15) is 22.6 Å². The number of carbonyl (C=O) groups is 1. The highest BCUT2D eigenvalue weighted by Crippen LogP contribution is 2.39. The second kappa shape index (κ2) is 13.1. The molecule has 3 heterocycles. The second-order valence-corrected chi connectivity index (χ2v) is 14.4. The summed E-state index contributed by atoms with van der Waals surface area (Å²) in [6, 6.07) is 16.2. The normalized spacial score (nSPS) is 14.4. The number of ether oxygens (including phenoxy) is 2. The summed E-state index contributed by atoms with van der Waals surface area (Å²) in [4.78, 5) is 27.1. The number of hydrogen-bond acceptors (Lipinski definition) is 5. The average Bonchev–Trinajstić information content (AvgIpc) is 3.39. The Labute approximate surface area is 271 Å². The molecule has 1 fully saturated rings. The standard InChI is InChI=1S/C32H35BrIN3O4S/c1-32(2,3)41-31(39)36-16-13-22(14-17-36)6-5-21-7-10-24(11-8-21)40-28-12-9-23(33)19-26(28)27-20-35(4)30(38)29-25(27)15-18-37(29)42-34/h7-12,15,18-20,22H,5-6,13-14,16-17H2,1-4H3. The maximum atomic E-state index is 12.9. The number of aromatic nitrogens is 2. The van der Waals surface area contributed by atoms with E-state index in [0.717, 1.165) is 71.3 Å². The summed E-state index contributed by atoms with van der Waals surface area (Å²) < 4.78 is 16.4. The summed E-state index contributed by atoms with van der Waals surface area (Å²) in [5, 5.41) is 0.887. The number of rotatable bonds is 7. The van der Waals surface area contributed by atoms with Crippen LogP contribution in [0.25, 0.3) is 22.0 Å². The lowest BCUT2D eigenvalue weighted by atomic mass is 9.90. The lowest BCUT2D eigenvalue weighted by Crippen LogP contribution is -2.41. The van der Waals surface area contributed by atoms with Crippen molar-refractivity contribution in [3.8, 4) is 22.6 Å². The van der Waals surface area contributed by atoms with Gasteiger partial charge in [0.2, 0.25) is 0 Å². The van der Waals surface area contributed by atoms with E-state index < -0.39 is 5.60 Å². The van der Waals surface area contributed by atoms with Crippen molar-refractivity contribution in [1.29, 1.82) is 0 Å². The first-order valence-electron chi connectivity index (χ1n) is 14.1. The molecule has 0 aliphatic carbocycles. The molecular formula is C32H35BrIN3O4S. The van der Waals surface area contributed by atoms with E-state index in [1.165, 1.54) is 14.7 Å². The number of nitrogens with zero attached hydrogens (tertiary/aromatic N) is 3. The third-order valence-electron chi connectivity index (χ3n) is 7.55. The van der Waals surface area contributed by atoms with Crippen molar-refractivity contribution in [3.63, 3.8) is 0 Å². The van der Waals surface area contributed by atoms with Gasteiger partial charge in [-0.05, 0) is 94.3 Å². The largest absolute Gasteiger partial charge is 0.457 e. The number of aryl methyl sites for hydroxylation is 2. The Morgan fingerprint density at radius 1 is 1.07 bits per heavy atom. The molecule has 2 aromatic heterocycles. The maximum absolute atomic E-state index is 12.9. The van der Waals surface area contributed by atoms with Crippen LogP contribution < -0.4 is 10.3 Å². The van der Waals surface area contributed by atoms with Gasteiger partial charge in [-0.3, -0.25) is 8.77 Å². The van der Waals surface area contributed by atoms with Crippen molar-refractivity contribution < 1.29 is 14.3 Å². The number of amides is 1. The fourth-order valence-electron chi connectivity index (χ4n) is 5.36. The molecule has 1 amide bonds. The molecule has 0 radical (unpaired) electrons. The second-order valence-electron chi connectivity index (χ2n) is 11.8. The van der Waals surface area contributed by atoms with Gasteiger partial charge >= 0.3 is 6.09 Å². The van der Waals surface area contributed by atoms with Crippen molar-refractivity contribution in [1.82, 2.24) is 13.4 Å². The van der Waals surface area contributed by atoms with Gasteiger partial charge in [-0.25, -0.2) is 4.79 Å². The lowest BCUT2D eigenvalue weighted by Gasteiger charge is -2.33. The molecule has 0 unspecified atom stereocenters. The van der Waals surface area contributed by atoms with Gasteiger partial charge in [0, 0.05) is 83.8 Å². The smallest absolute Gasteiger partial charge is 0.410 e. The highest BCUT2D eigenvalue weighted by molar-refractivity contribution is 14.2. The van der Waals surface area contributed by atoms with E-state index in [0.29, 0.717) is 11.4 Å². The van der Waals surface area contributed by atoms with Gasteiger partial charge in [0.15, 0.2) is 0 Å². The number of fused-ring (bicyclic) bond motifs is 1. The van der Waals surface area contributed by atoms with E-state index in [2.05, 4.69) is 49.3 Å². The fourth-order valence-corrected chi connectivity index (χ4v) is 7.05. The maximum Gasteiger partial charge on any atom is 0.410 e. The first kappa shape index (κ1) is 31.0. The van der Waals surface area contributed by atoms with E-state index in [4.69, 9.17) is 9.47 Å². The number of benzene rings is 2. The fraction of sp³-hybridized carbons (Fsp3) is 0.375. The predicted octanol–water partition coefficient (Wildman–Crippen LogP) is 8.99. The summed E-state index contributed by atoms with van der Waals surface area (Å²) in [5.41, 5.74) is 3.26. The molecule has 0 saturated carbocycles. The number of halogens is 2. The van der Waals surface area contributed by atoms with Crippen LogP contribution in [-0.4, -0.2) is 38.2 Å². The zero-order valence-electron chi connectivity index (χ0n) is 24.2. The lowest BCUT2D eigenvalue weighted by molar-refractivity contribution is 0.0181. The Hall–Kier alpha value is -2.44. The minimum absolute atomic E-state index is 0.0374. The Morgan fingerprint density at radius 2 is 1.79 bits per heavy atom. The average molecular weight is 765 g/mol.